The van der Waals surface area contributed by atoms with Gasteiger partial charge in [0, 0.05) is 12.3 Å². The molecule has 2 atom stereocenters. The number of hydrogen-bond acceptors (Lipinski definition) is 0. The third-order valence-corrected chi connectivity index (χ3v) is 4.79. The lowest BCUT2D eigenvalue weighted by atomic mass is 9.85. The summed E-state index contributed by atoms with van der Waals surface area (Å²) in [5.41, 5.74) is 4.84. The summed E-state index contributed by atoms with van der Waals surface area (Å²) >= 11 is 0. The summed E-state index contributed by atoms with van der Waals surface area (Å²) in [5, 5.41) is 0. The molecule has 2 rings (SSSR count). The Bertz CT molecular complexity index is 505. The maximum absolute atomic E-state index is 4.78. The zero-order valence-electron chi connectivity index (χ0n) is 19.6. The van der Waals surface area contributed by atoms with Gasteiger partial charge in [-0.15, -0.1) is 12.3 Å². The first-order valence-corrected chi connectivity index (χ1v) is 11.3. The Balaban J connectivity index is 0. The van der Waals surface area contributed by atoms with Crippen molar-refractivity contribution in [2.75, 3.05) is 0 Å². The van der Waals surface area contributed by atoms with Gasteiger partial charge < -0.3 is 0 Å². The molecule has 0 aromatic heterocycles. The minimum Gasteiger partial charge on any atom is -0.120 e. The zero-order chi connectivity index (χ0) is 21.1. The summed E-state index contributed by atoms with van der Waals surface area (Å²) in [5.74, 6) is 3.85. The lowest BCUT2D eigenvalue weighted by Gasteiger charge is -2.20. The van der Waals surface area contributed by atoms with Crippen LogP contribution in [0.15, 0.2) is 47.1 Å². The van der Waals surface area contributed by atoms with Gasteiger partial charge in [-0.05, 0) is 50.5 Å². The highest BCUT2D eigenvalue weighted by Gasteiger charge is 2.19. The molecule has 0 N–H and O–H groups in total. The van der Waals surface area contributed by atoms with Crippen LogP contribution in [-0.4, -0.2) is 0 Å². The van der Waals surface area contributed by atoms with Crippen LogP contribution < -0.4 is 0 Å². The van der Waals surface area contributed by atoms with Crippen LogP contribution in [0.2, 0.25) is 0 Å². The third kappa shape index (κ3) is 11.8. The number of terminal acetylenes is 1. The molecule has 0 fully saturated rings. The summed E-state index contributed by atoms with van der Waals surface area (Å²) < 4.78 is 0. The largest absolute Gasteiger partial charge is 0.120 e. The van der Waals surface area contributed by atoms with Crippen molar-refractivity contribution in [1.29, 1.82) is 0 Å². The summed E-state index contributed by atoms with van der Waals surface area (Å²) in [6.45, 7) is 16.9. The van der Waals surface area contributed by atoms with E-state index in [2.05, 4.69) is 57.1 Å². The van der Waals surface area contributed by atoms with E-state index >= 15 is 0 Å². The first-order chi connectivity index (χ1) is 13.1. The summed E-state index contributed by atoms with van der Waals surface area (Å²) in [4.78, 5) is 0. The van der Waals surface area contributed by atoms with Crippen molar-refractivity contribution in [3.05, 3.63) is 47.1 Å². The van der Waals surface area contributed by atoms with Crippen molar-refractivity contribution in [2.24, 2.45) is 11.8 Å². The molecule has 0 bridgehead atoms. The smallest absolute Gasteiger partial charge is 0.00576 e. The summed E-state index contributed by atoms with van der Waals surface area (Å²) in [6.07, 6.45) is 25.1. The van der Waals surface area contributed by atoms with Gasteiger partial charge in [-0.2, -0.15) is 0 Å². The van der Waals surface area contributed by atoms with Crippen LogP contribution in [0.5, 0.6) is 0 Å². The molecule has 0 radical (unpaired) electrons. The fourth-order valence-corrected chi connectivity index (χ4v) is 3.34. The lowest BCUT2D eigenvalue weighted by molar-refractivity contribution is 0.478. The molecule has 0 spiro atoms. The lowest BCUT2D eigenvalue weighted by Crippen LogP contribution is -2.09. The topological polar surface area (TPSA) is 0 Å². The van der Waals surface area contributed by atoms with E-state index in [0.29, 0.717) is 5.92 Å². The van der Waals surface area contributed by atoms with Crippen molar-refractivity contribution < 1.29 is 0 Å². The van der Waals surface area contributed by atoms with Gasteiger partial charge in [-0.25, -0.2) is 0 Å². The highest BCUT2D eigenvalue weighted by atomic mass is 14.2. The molecule has 0 amide bonds. The van der Waals surface area contributed by atoms with Crippen molar-refractivity contribution in [3.8, 4) is 12.3 Å². The molecule has 0 nitrogen and oxygen atoms in total. The van der Waals surface area contributed by atoms with Crippen molar-refractivity contribution >= 4 is 0 Å². The van der Waals surface area contributed by atoms with Crippen LogP contribution in [-0.2, 0) is 0 Å². The minimum absolute atomic E-state index is 0.684. The first-order valence-electron chi connectivity index (χ1n) is 11.3. The predicted molar refractivity (Wildman–Crippen MR) is 127 cm³/mol. The van der Waals surface area contributed by atoms with E-state index in [1.165, 1.54) is 38.5 Å². The van der Waals surface area contributed by atoms with Crippen molar-refractivity contribution in [2.45, 2.75) is 100 Å². The SMILES string of the molecule is C#CCC.CC.CC.CCCC1=CC=CC1C(C)C/C=C/C1=C(C)CCC1. The van der Waals surface area contributed by atoms with Crippen LogP contribution in [0.3, 0.4) is 0 Å². The molecular formula is C27H46. The molecular weight excluding hydrogens is 324 g/mol. The van der Waals surface area contributed by atoms with E-state index in [-0.39, 0.29) is 0 Å². The van der Waals surface area contributed by atoms with E-state index in [4.69, 9.17) is 6.42 Å². The molecule has 27 heavy (non-hydrogen) atoms. The van der Waals surface area contributed by atoms with Gasteiger partial charge in [0.25, 0.3) is 0 Å². The Labute approximate surface area is 171 Å². The summed E-state index contributed by atoms with van der Waals surface area (Å²) in [7, 11) is 0. The first kappa shape index (κ1) is 27.7. The van der Waals surface area contributed by atoms with Crippen LogP contribution >= 0.6 is 0 Å². The zero-order valence-corrected chi connectivity index (χ0v) is 19.6. The maximum atomic E-state index is 4.78. The minimum atomic E-state index is 0.684. The van der Waals surface area contributed by atoms with E-state index in [0.717, 1.165) is 12.3 Å². The monoisotopic (exact) mass is 370 g/mol. The maximum Gasteiger partial charge on any atom is 0.00576 e. The average molecular weight is 371 g/mol. The van der Waals surface area contributed by atoms with Gasteiger partial charge in [0.05, 0.1) is 0 Å². The molecule has 0 aliphatic heterocycles. The Morgan fingerprint density at radius 2 is 1.81 bits per heavy atom. The van der Waals surface area contributed by atoms with Gasteiger partial charge in [-0.3, -0.25) is 0 Å². The molecule has 0 saturated heterocycles. The van der Waals surface area contributed by atoms with Gasteiger partial charge in [0.15, 0.2) is 0 Å². The van der Waals surface area contributed by atoms with E-state index in [1.54, 1.807) is 16.7 Å². The fraction of sp³-hybridized carbons (Fsp3) is 0.630. The molecule has 0 aromatic carbocycles. The van der Waals surface area contributed by atoms with Gasteiger partial charge in [-0.1, -0.05) is 96.4 Å². The number of rotatable bonds is 6. The molecule has 2 aliphatic rings. The Morgan fingerprint density at radius 1 is 1.19 bits per heavy atom. The highest BCUT2D eigenvalue weighted by molar-refractivity contribution is 5.30. The molecule has 154 valence electrons. The molecule has 0 heteroatoms. The van der Waals surface area contributed by atoms with Gasteiger partial charge >= 0.3 is 0 Å². The number of allylic oxidation sites excluding steroid dienone is 8. The standard InChI is InChI=1S/C19H28.C4H6.2C2H6/c1-4-8-18-13-7-14-19(18)16(3)10-6-12-17-11-5-9-15(17)2;1-3-4-2;2*1-2/h6-7,12-14,16,19H,4-5,8-11H2,1-3H3;1H,4H2,2H3;2*1-2H3/b12-6+;;;. The third-order valence-electron chi connectivity index (χ3n) is 4.79. The molecule has 2 aliphatic carbocycles. The van der Waals surface area contributed by atoms with Crippen molar-refractivity contribution in [3.63, 3.8) is 0 Å². The predicted octanol–water partition coefficient (Wildman–Crippen LogP) is 9.06. The van der Waals surface area contributed by atoms with Crippen LogP contribution in [0, 0.1) is 24.2 Å². The molecule has 0 saturated carbocycles. The second kappa shape index (κ2) is 19.3. The van der Waals surface area contributed by atoms with Crippen molar-refractivity contribution in [1.82, 2.24) is 0 Å². The van der Waals surface area contributed by atoms with E-state index in [9.17, 15) is 0 Å². The van der Waals surface area contributed by atoms with E-state index < -0.39 is 0 Å². The molecule has 0 heterocycles. The molecule has 2 unspecified atom stereocenters. The average Bonchev–Trinajstić information content (AvgIpc) is 3.34. The van der Waals surface area contributed by atoms with Crippen LogP contribution in [0.1, 0.15) is 100 Å². The van der Waals surface area contributed by atoms with Crippen LogP contribution in [0.4, 0.5) is 0 Å². The summed E-state index contributed by atoms with van der Waals surface area (Å²) in [6, 6.07) is 0. The molecule has 0 aromatic rings. The van der Waals surface area contributed by atoms with Gasteiger partial charge in [0.2, 0.25) is 0 Å². The Kier molecular flexibility index (Phi) is 19.8. The van der Waals surface area contributed by atoms with Gasteiger partial charge in [0.1, 0.15) is 0 Å². The Morgan fingerprint density at radius 3 is 2.30 bits per heavy atom. The second-order valence-electron chi connectivity index (χ2n) is 6.73. The highest BCUT2D eigenvalue weighted by Crippen LogP contribution is 2.32. The van der Waals surface area contributed by atoms with Crippen LogP contribution in [0.25, 0.3) is 0 Å². The Hall–Kier alpha value is -1.48. The van der Waals surface area contributed by atoms with E-state index in [1.807, 2.05) is 34.6 Å². The quantitative estimate of drug-likeness (QED) is 0.409. The second-order valence-corrected chi connectivity index (χ2v) is 6.73. The normalized spacial score (nSPS) is 18.5. The number of hydrogen-bond donors (Lipinski definition) is 0. The fourth-order valence-electron chi connectivity index (χ4n) is 3.34.